The maximum Gasteiger partial charge on any atom is 0.0728 e. The van der Waals surface area contributed by atoms with Crippen LogP contribution >= 0.6 is 0 Å². The second-order valence-electron chi connectivity index (χ2n) is 7.59. The van der Waals surface area contributed by atoms with E-state index in [1.165, 1.54) is 12.0 Å². The molecule has 1 heterocycles. The molecule has 3 heteroatoms. The third kappa shape index (κ3) is 4.00. The zero-order valence-electron chi connectivity index (χ0n) is 14.9. The topological polar surface area (TPSA) is 26.7 Å². The van der Waals surface area contributed by atoms with Gasteiger partial charge in [-0.05, 0) is 37.6 Å². The van der Waals surface area contributed by atoms with Gasteiger partial charge in [0.15, 0.2) is 0 Å². The van der Waals surface area contributed by atoms with Gasteiger partial charge in [-0.15, -0.1) is 6.42 Å². The van der Waals surface area contributed by atoms with E-state index in [0.29, 0.717) is 0 Å². The van der Waals surface area contributed by atoms with Gasteiger partial charge in [-0.3, -0.25) is 0 Å². The molecule has 1 saturated carbocycles. The number of rotatable bonds is 4. The third-order valence-corrected chi connectivity index (χ3v) is 5.86. The summed E-state index contributed by atoms with van der Waals surface area (Å²) in [5.74, 6) is 2.89. The summed E-state index contributed by atoms with van der Waals surface area (Å²) in [5.41, 5.74) is 1.53. The van der Waals surface area contributed by atoms with Crippen LogP contribution in [0.25, 0.3) is 0 Å². The number of piperazine rings is 1. The van der Waals surface area contributed by atoms with Crippen LogP contribution in [-0.2, 0) is 0 Å². The number of aliphatic hydroxyl groups is 1. The van der Waals surface area contributed by atoms with E-state index in [2.05, 4.69) is 34.9 Å². The lowest BCUT2D eigenvalue weighted by Gasteiger charge is -2.43. The molecule has 1 aromatic rings. The van der Waals surface area contributed by atoms with Crippen molar-refractivity contribution < 1.29 is 5.11 Å². The molecule has 1 aliphatic heterocycles. The minimum atomic E-state index is -0.588. The molecule has 2 fully saturated rings. The monoisotopic (exact) mass is 326 g/mol. The summed E-state index contributed by atoms with van der Waals surface area (Å²) in [4.78, 5) is 4.89. The molecule has 1 aliphatic carbocycles. The summed E-state index contributed by atoms with van der Waals surface area (Å²) in [6, 6.07) is 8.26. The molecule has 24 heavy (non-hydrogen) atoms. The quantitative estimate of drug-likeness (QED) is 0.862. The van der Waals surface area contributed by atoms with E-state index in [1.54, 1.807) is 0 Å². The molecular weight excluding hydrogens is 296 g/mol. The lowest BCUT2D eigenvalue weighted by atomic mass is 9.72. The zero-order valence-corrected chi connectivity index (χ0v) is 14.9. The summed E-state index contributed by atoms with van der Waals surface area (Å²) >= 11 is 0. The van der Waals surface area contributed by atoms with Crippen molar-refractivity contribution in [2.75, 3.05) is 39.8 Å². The van der Waals surface area contributed by atoms with Crippen LogP contribution in [0.1, 0.15) is 49.1 Å². The van der Waals surface area contributed by atoms with Crippen LogP contribution in [0.5, 0.6) is 0 Å². The van der Waals surface area contributed by atoms with Crippen LogP contribution in [0.4, 0.5) is 0 Å². The van der Waals surface area contributed by atoms with E-state index in [9.17, 15) is 5.11 Å². The Morgan fingerprint density at radius 2 is 1.88 bits per heavy atom. The number of likely N-dealkylation sites (N-methyl/N-ethyl adjacent to an activating group) is 1. The fraction of sp³-hybridized carbons (Fsp3) is 0.619. The predicted molar refractivity (Wildman–Crippen MR) is 99.1 cm³/mol. The van der Waals surface area contributed by atoms with Crippen molar-refractivity contribution in [3.63, 3.8) is 0 Å². The smallest absolute Gasteiger partial charge is 0.0728 e. The summed E-state index contributed by atoms with van der Waals surface area (Å²) < 4.78 is 0. The van der Waals surface area contributed by atoms with Crippen LogP contribution in [0, 0.1) is 12.3 Å². The van der Waals surface area contributed by atoms with Gasteiger partial charge < -0.3 is 14.9 Å². The van der Waals surface area contributed by atoms with Gasteiger partial charge >= 0.3 is 0 Å². The van der Waals surface area contributed by atoms with E-state index in [0.717, 1.165) is 64.0 Å². The number of hydrogen-bond acceptors (Lipinski definition) is 3. The van der Waals surface area contributed by atoms with E-state index >= 15 is 0 Å². The molecule has 0 spiro atoms. The molecule has 3 nitrogen and oxygen atoms in total. The highest BCUT2D eigenvalue weighted by Gasteiger charge is 2.39. The van der Waals surface area contributed by atoms with Gasteiger partial charge in [0.25, 0.3) is 0 Å². The summed E-state index contributed by atoms with van der Waals surface area (Å²) in [6.07, 6.45) is 10.9. The second kappa shape index (κ2) is 7.70. The van der Waals surface area contributed by atoms with Crippen molar-refractivity contribution in [2.45, 2.75) is 43.6 Å². The van der Waals surface area contributed by atoms with Gasteiger partial charge in [-0.25, -0.2) is 0 Å². The van der Waals surface area contributed by atoms with Crippen LogP contribution in [0.15, 0.2) is 24.3 Å². The molecule has 1 aromatic carbocycles. The zero-order chi connectivity index (χ0) is 17.0. The Hall–Kier alpha value is -1.34. The minimum absolute atomic E-state index is 0.148. The van der Waals surface area contributed by atoms with Crippen molar-refractivity contribution in [3.05, 3.63) is 35.4 Å². The lowest BCUT2D eigenvalue weighted by molar-refractivity contribution is -0.0337. The van der Waals surface area contributed by atoms with Crippen LogP contribution in [-0.4, -0.2) is 60.3 Å². The number of benzene rings is 1. The first-order valence-electron chi connectivity index (χ1n) is 9.30. The Labute approximate surface area is 146 Å². The average molecular weight is 326 g/mol. The van der Waals surface area contributed by atoms with Gasteiger partial charge in [-0.1, -0.05) is 37.3 Å². The molecular formula is C21H30N2O. The second-order valence-corrected chi connectivity index (χ2v) is 7.59. The summed E-state index contributed by atoms with van der Waals surface area (Å²) in [7, 11) is 2.18. The van der Waals surface area contributed by atoms with Crippen molar-refractivity contribution in [2.24, 2.45) is 0 Å². The van der Waals surface area contributed by atoms with Gasteiger partial charge in [-0.2, -0.15) is 0 Å². The summed E-state index contributed by atoms with van der Waals surface area (Å²) in [6.45, 7) is 5.30. The van der Waals surface area contributed by atoms with Crippen LogP contribution in [0.2, 0.25) is 0 Å². The highest BCUT2D eigenvalue weighted by atomic mass is 16.3. The molecule has 0 radical (unpaired) electrons. The van der Waals surface area contributed by atoms with Crippen LogP contribution in [0.3, 0.4) is 0 Å². The Balaban J connectivity index is 1.84. The van der Waals surface area contributed by atoms with Gasteiger partial charge in [0.05, 0.1) is 5.60 Å². The number of nitrogens with zero attached hydrogens (tertiary/aromatic N) is 2. The van der Waals surface area contributed by atoms with E-state index in [-0.39, 0.29) is 5.92 Å². The summed E-state index contributed by atoms with van der Waals surface area (Å²) in [5, 5.41) is 11.4. The van der Waals surface area contributed by atoms with Gasteiger partial charge in [0.2, 0.25) is 0 Å². The SMILES string of the molecule is C#Cc1cccc(C(CN2CCN(C)CC2)C2(O)CCCCC2)c1. The lowest BCUT2D eigenvalue weighted by Crippen LogP contribution is -2.50. The normalized spacial score (nSPS) is 23.5. The van der Waals surface area contributed by atoms with Gasteiger partial charge in [0.1, 0.15) is 0 Å². The van der Waals surface area contributed by atoms with E-state index in [4.69, 9.17) is 6.42 Å². The highest BCUT2D eigenvalue weighted by Crippen LogP contribution is 2.40. The number of hydrogen-bond donors (Lipinski definition) is 1. The van der Waals surface area contributed by atoms with Crippen LogP contribution < -0.4 is 0 Å². The third-order valence-electron chi connectivity index (χ3n) is 5.86. The molecule has 1 atom stereocenters. The Morgan fingerprint density at radius 1 is 1.17 bits per heavy atom. The molecule has 0 bridgehead atoms. The molecule has 1 saturated heterocycles. The predicted octanol–water partition coefficient (Wildman–Crippen LogP) is 2.69. The van der Waals surface area contributed by atoms with Gasteiger partial charge in [0, 0.05) is 44.2 Å². The molecule has 2 aliphatic rings. The fourth-order valence-corrected chi connectivity index (χ4v) is 4.23. The maximum atomic E-state index is 11.4. The first-order chi connectivity index (χ1) is 11.6. The van der Waals surface area contributed by atoms with Crippen molar-refractivity contribution in [1.82, 2.24) is 9.80 Å². The maximum absolute atomic E-state index is 11.4. The first-order valence-corrected chi connectivity index (χ1v) is 9.30. The first kappa shape index (κ1) is 17.5. The minimum Gasteiger partial charge on any atom is -0.389 e. The highest BCUT2D eigenvalue weighted by molar-refractivity contribution is 5.38. The molecule has 0 amide bonds. The Bertz CT molecular complexity index is 578. The average Bonchev–Trinajstić information content (AvgIpc) is 2.61. The largest absolute Gasteiger partial charge is 0.389 e. The van der Waals surface area contributed by atoms with Crippen molar-refractivity contribution in [1.29, 1.82) is 0 Å². The molecule has 130 valence electrons. The van der Waals surface area contributed by atoms with Crippen molar-refractivity contribution in [3.8, 4) is 12.3 Å². The van der Waals surface area contributed by atoms with Crippen molar-refractivity contribution >= 4 is 0 Å². The van der Waals surface area contributed by atoms with E-state index < -0.39 is 5.60 Å². The Morgan fingerprint density at radius 3 is 2.54 bits per heavy atom. The fourth-order valence-electron chi connectivity index (χ4n) is 4.23. The molecule has 0 aromatic heterocycles. The standard InChI is InChI=1S/C21H30N2O/c1-3-18-8-7-9-19(16-18)20(21(24)10-5-4-6-11-21)17-23-14-12-22(2)13-15-23/h1,7-9,16,20,24H,4-6,10-15,17H2,2H3. The molecule has 1 N–H and O–H groups in total. The number of terminal acetylenes is 1. The van der Waals surface area contributed by atoms with E-state index in [1.807, 2.05) is 12.1 Å². The molecule has 1 unspecified atom stereocenters. The molecule has 3 rings (SSSR count). The Kier molecular flexibility index (Phi) is 5.61.